The Bertz CT molecular complexity index is 255. The third kappa shape index (κ3) is 1.17. The molecule has 1 aromatic heterocycles. The maximum absolute atomic E-state index is 4.01. The molecule has 2 rings (SSSR count). The zero-order valence-electron chi connectivity index (χ0n) is 5.94. The summed E-state index contributed by atoms with van der Waals surface area (Å²) in [6.07, 6.45) is 7.38. The molecule has 0 spiro atoms. The van der Waals surface area contributed by atoms with Crippen LogP contribution < -0.4 is 10.2 Å². The van der Waals surface area contributed by atoms with Gasteiger partial charge in [-0.3, -0.25) is 4.98 Å². The lowest BCUT2D eigenvalue weighted by atomic mass is 10.4. The van der Waals surface area contributed by atoms with Gasteiger partial charge in [-0.1, -0.05) is 0 Å². The summed E-state index contributed by atoms with van der Waals surface area (Å²) in [7, 11) is 0. The standard InChI is InChI=1S/C8H8N3/c1-2-8(6-9-3-1)11-5-4-10-7-11/h1-7,10H. The van der Waals surface area contributed by atoms with Crippen molar-refractivity contribution in [3.05, 3.63) is 43.6 Å². The third-order valence-electron chi connectivity index (χ3n) is 1.49. The molecule has 3 nitrogen and oxygen atoms in total. The number of hydrogen-bond acceptors (Lipinski definition) is 3. The van der Waals surface area contributed by atoms with Gasteiger partial charge in [-0.05, 0) is 12.1 Å². The molecule has 2 heterocycles. The van der Waals surface area contributed by atoms with Crippen LogP contribution in [-0.4, -0.2) is 4.98 Å². The topological polar surface area (TPSA) is 28.2 Å². The van der Waals surface area contributed by atoms with Crippen molar-refractivity contribution in [1.29, 1.82) is 0 Å². The van der Waals surface area contributed by atoms with Gasteiger partial charge in [0.25, 0.3) is 0 Å². The largest absolute Gasteiger partial charge is 0.366 e. The van der Waals surface area contributed by atoms with E-state index in [1.54, 1.807) is 6.20 Å². The molecule has 0 unspecified atom stereocenters. The van der Waals surface area contributed by atoms with E-state index < -0.39 is 0 Å². The Morgan fingerprint density at radius 3 is 3.09 bits per heavy atom. The highest BCUT2D eigenvalue weighted by Crippen LogP contribution is 2.14. The first-order valence-electron chi connectivity index (χ1n) is 3.41. The van der Waals surface area contributed by atoms with E-state index in [-0.39, 0.29) is 0 Å². The minimum Gasteiger partial charge on any atom is -0.366 e. The molecule has 3 heteroatoms. The maximum Gasteiger partial charge on any atom is 0.143 e. The molecule has 0 atom stereocenters. The van der Waals surface area contributed by atoms with Crippen LogP contribution in [0.15, 0.2) is 36.9 Å². The lowest BCUT2D eigenvalue weighted by Crippen LogP contribution is -2.12. The fraction of sp³-hybridized carbons (Fsp3) is 0. The van der Waals surface area contributed by atoms with Crippen molar-refractivity contribution in [3.8, 4) is 0 Å². The molecule has 1 aliphatic heterocycles. The van der Waals surface area contributed by atoms with Crippen LogP contribution in [0.1, 0.15) is 0 Å². The first-order valence-corrected chi connectivity index (χ1v) is 3.41. The zero-order valence-corrected chi connectivity index (χ0v) is 5.94. The summed E-state index contributed by atoms with van der Waals surface area (Å²) in [6, 6.07) is 3.91. The van der Waals surface area contributed by atoms with Crippen molar-refractivity contribution in [2.24, 2.45) is 0 Å². The summed E-state index contributed by atoms with van der Waals surface area (Å²) in [5, 5.41) is 2.96. The van der Waals surface area contributed by atoms with Gasteiger partial charge in [0.1, 0.15) is 6.67 Å². The molecule has 0 amide bonds. The lowest BCUT2D eigenvalue weighted by Gasteiger charge is -2.12. The van der Waals surface area contributed by atoms with E-state index in [0.717, 1.165) is 5.69 Å². The van der Waals surface area contributed by atoms with Gasteiger partial charge in [-0.15, -0.1) is 0 Å². The number of aromatic nitrogens is 1. The molecule has 0 saturated carbocycles. The van der Waals surface area contributed by atoms with Gasteiger partial charge in [-0.25, -0.2) is 0 Å². The average molecular weight is 146 g/mol. The van der Waals surface area contributed by atoms with Crippen molar-refractivity contribution in [3.63, 3.8) is 0 Å². The zero-order chi connectivity index (χ0) is 7.52. The van der Waals surface area contributed by atoms with Crippen LogP contribution in [0.5, 0.6) is 0 Å². The average Bonchev–Trinajstić information content (AvgIpc) is 2.58. The molecule has 0 aliphatic carbocycles. The quantitative estimate of drug-likeness (QED) is 0.642. The van der Waals surface area contributed by atoms with Gasteiger partial charge in [0.2, 0.25) is 0 Å². The molecular weight excluding hydrogens is 138 g/mol. The van der Waals surface area contributed by atoms with Crippen molar-refractivity contribution in [2.75, 3.05) is 4.90 Å². The van der Waals surface area contributed by atoms with E-state index in [4.69, 9.17) is 0 Å². The van der Waals surface area contributed by atoms with E-state index in [2.05, 4.69) is 10.3 Å². The monoisotopic (exact) mass is 146 g/mol. The summed E-state index contributed by atoms with van der Waals surface area (Å²) in [6.45, 7) is 1.87. The van der Waals surface area contributed by atoms with Crippen molar-refractivity contribution < 1.29 is 0 Å². The fourth-order valence-electron chi connectivity index (χ4n) is 0.957. The van der Waals surface area contributed by atoms with Gasteiger partial charge in [0, 0.05) is 18.6 Å². The molecule has 1 N–H and O–H groups in total. The highest BCUT2D eigenvalue weighted by molar-refractivity contribution is 5.50. The molecule has 1 aliphatic rings. The number of rotatable bonds is 1. The van der Waals surface area contributed by atoms with Crippen LogP contribution in [-0.2, 0) is 0 Å². The Balaban J connectivity index is 2.23. The Kier molecular flexibility index (Phi) is 1.48. The number of hydrogen-bond donors (Lipinski definition) is 1. The molecule has 1 radical (unpaired) electrons. The SMILES string of the molecule is [CH]1NC=CN1c1cccnc1. The van der Waals surface area contributed by atoms with Gasteiger partial charge in [-0.2, -0.15) is 0 Å². The Hall–Kier alpha value is -1.51. The van der Waals surface area contributed by atoms with Crippen LogP contribution in [0.2, 0.25) is 0 Å². The predicted octanol–water partition coefficient (Wildman–Crippen LogP) is 1.08. The molecule has 1 aromatic rings. The van der Waals surface area contributed by atoms with Gasteiger partial charge >= 0.3 is 0 Å². The number of nitrogens with one attached hydrogen (secondary N) is 1. The van der Waals surface area contributed by atoms with Gasteiger partial charge in [0.15, 0.2) is 0 Å². The molecule has 0 aromatic carbocycles. The van der Waals surface area contributed by atoms with Crippen molar-refractivity contribution >= 4 is 5.69 Å². The number of pyridine rings is 1. The highest BCUT2D eigenvalue weighted by atomic mass is 15.2. The Labute approximate surface area is 65.4 Å². The van der Waals surface area contributed by atoms with Crippen LogP contribution >= 0.6 is 0 Å². The molecule has 0 saturated heterocycles. The summed E-state index contributed by atoms with van der Waals surface area (Å²) >= 11 is 0. The normalized spacial score (nSPS) is 15.1. The minimum atomic E-state index is 1.06. The number of nitrogens with zero attached hydrogens (tertiary/aromatic N) is 2. The van der Waals surface area contributed by atoms with Crippen LogP contribution in [0.4, 0.5) is 5.69 Å². The Morgan fingerprint density at radius 2 is 2.45 bits per heavy atom. The first-order chi connectivity index (χ1) is 5.47. The summed E-state index contributed by atoms with van der Waals surface area (Å²) in [5.41, 5.74) is 1.06. The fourth-order valence-corrected chi connectivity index (χ4v) is 0.957. The predicted molar refractivity (Wildman–Crippen MR) is 43.3 cm³/mol. The highest BCUT2D eigenvalue weighted by Gasteiger charge is 2.05. The second-order valence-corrected chi connectivity index (χ2v) is 2.23. The summed E-state index contributed by atoms with van der Waals surface area (Å²) < 4.78 is 0. The Morgan fingerprint density at radius 1 is 1.45 bits per heavy atom. The maximum atomic E-state index is 4.01. The van der Waals surface area contributed by atoms with E-state index in [1.165, 1.54) is 0 Å². The molecule has 0 fully saturated rings. The van der Waals surface area contributed by atoms with E-state index in [0.29, 0.717) is 0 Å². The summed E-state index contributed by atoms with van der Waals surface area (Å²) in [5.74, 6) is 0. The summed E-state index contributed by atoms with van der Waals surface area (Å²) in [4.78, 5) is 5.97. The number of anilines is 1. The van der Waals surface area contributed by atoms with E-state index >= 15 is 0 Å². The van der Waals surface area contributed by atoms with Crippen molar-refractivity contribution in [2.45, 2.75) is 0 Å². The lowest BCUT2D eigenvalue weighted by molar-refractivity contribution is 1.04. The minimum absolute atomic E-state index is 1.06. The molecular formula is C8H8N3. The van der Waals surface area contributed by atoms with Crippen LogP contribution in [0.3, 0.4) is 0 Å². The molecule has 55 valence electrons. The second kappa shape index (κ2) is 2.62. The first kappa shape index (κ1) is 6.22. The second-order valence-electron chi connectivity index (χ2n) is 2.23. The van der Waals surface area contributed by atoms with Gasteiger partial charge < -0.3 is 10.2 Å². The van der Waals surface area contributed by atoms with Crippen LogP contribution in [0, 0.1) is 6.67 Å². The van der Waals surface area contributed by atoms with E-state index in [9.17, 15) is 0 Å². The smallest absolute Gasteiger partial charge is 0.143 e. The van der Waals surface area contributed by atoms with Crippen molar-refractivity contribution in [1.82, 2.24) is 10.3 Å². The third-order valence-corrected chi connectivity index (χ3v) is 1.49. The van der Waals surface area contributed by atoms with E-state index in [1.807, 2.05) is 42.3 Å². The van der Waals surface area contributed by atoms with Crippen LogP contribution in [0.25, 0.3) is 0 Å². The molecule has 11 heavy (non-hydrogen) atoms. The molecule has 0 bridgehead atoms. The van der Waals surface area contributed by atoms with Gasteiger partial charge in [0.05, 0.1) is 11.9 Å².